The first-order valence-corrected chi connectivity index (χ1v) is 6.17. The molecule has 2 rings (SSSR count). The van der Waals surface area contributed by atoms with E-state index in [-0.39, 0.29) is 0 Å². The molecule has 0 bridgehead atoms. The van der Waals surface area contributed by atoms with Crippen molar-refractivity contribution in [3.8, 4) is 0 Å². The van der Waals surface area contributed by atoms with Gasteiger partial charge >= 0.3 is 5.97 Å². The summed E-state index contributed by atoms with van der Waals surface area (Å²) in [5.74, 6) is -2.17. The second-order valence-corrected chi connectivity index (χ2v) is 4.71. The van der Waals surface area contributed by atoms with E-state index in [4.69, 9.17) is 11.6 Å². The predicted octanol–water partition coefficient (Wildman–Crippen LogP) is 3.89. The highest BCUT2D eigenvalue weighted by atomic mass is 35.5. The van der Waals surface area contributed by atoms with E-state index in [2.05, 4.69) is 0 Å². The molecule has 0 saturated heterocycles. The van der Waals surface area contributed by atoms with Crippen LogP contribution in [0.1, 0.15) is 17.0 Å². The third-order valence-corrected chi connectivity index (χ3v) is 3.15. The molecule has 0 spiro atoms. The molecule has 0 heterocycles. The van der Waals surface area contributed by atoms with Crippen molar-refractivity contribution in [2.75, 3.05) is 0 Å². The summed E-state index contributed by atoms with van der Waals surface area (Å²) in [5, 5.41) is 9.88. The Bertz CT molecular complexity index is 581. The van der Waals surface area contributed by atoms with Gasteiger partial charge in [0.1, 0.15) is 5.82 Å². The van der Waals surface area contributed by atoms with Crippen LogP contribution in [0.15, 0.2) is 48.5 Å². The first-order valence-electron chi connectivity index (χ1n) is 5.79. The number of rotatable bonds is 4. The fraction of sp³-hybridized carbons (Fsp3) is 0.133. The third-order valence-electron chi connectivity index (χ3n) is 2.90. The summed E-state index contributed by atoms with van der Waals surface area (Å²) >= 11 is 5.78. The summed E-state index contributed by atoms with van der Waals surface area (Å²) in [7, 11) is 0. The second-order valence-electron chi connectivity index (χ2n) is 4.28. The number of carboxylic acid groups (broad SMARTS) is 1. The van der Waals surface area contributed by atoms with Gasteiger partial charge in [0.25, 0.3) is 0 Å². The Morgan fingerprint density at radius 2 is 1.89 bits per heavy atom. The zero-order valence-corrected chi connectivity index (χ0v) is 10.8. The van der Waals surface area contributed by atoms with Crippen LogP contribution in [0.25, 0.3) is 0 Å². The number of halogens is 2. The largest absolute Gasteiger partial charge is 0.481 e. The molecule has 1 N–H and O–H groups in total. The average molecular weight is 279 g/mol. The van der Waals surface area contributed by atoms with Gasteiger partial charge in [0.15, 0.2) is 0 Å². The molecule has 98 valence electrons. The molecule has 1 unspecified atom stereocenters. The van der Waals surface area contributed by atoms with Gasteiger partial charge < -0.3 is 5.11 Å². The van der Waals surface area contributed by atoms with Gasteiger partial charge in [-0.1, -0.05) is 35.9 Å². The fourth-order valence-electron chi connectivity index (χ4n) is 1.93. The average Bonchev–Trinajstić information content (AvgIpc) is 2.37. The van der Waals surface area contributed by atoms with Gasteiger partial charge in [-0.25, -0.2) is 4.39 Å². The molecule has 0 amide bonds. The van der Waals surface area contributed by atoms with E-state index in [1.165, 1.54) is 18.2 Å². The quantitative estimate of drug-likeness (QED) is 0.921. The van der Waals surface area contributed by atoms with Crippen LogP contribution >= 0.6 is 11.6 Å². The van der Waals surface area contributed by atoms with Crippen molar-refractivity contribution in [2.45, 2.75) is 12.3 Å². The molecule has 0 fully saturated rings. The summed E-state index contributed by atoms with van der Waals surface area (Å²) in [4.78, 5) is 11.3. The Hall–Kier alpha value is -1.87. The normalized spacial score (nSPS) is 12.1. The smallest absolute Gasteiger partial charge is 0.311 e. The molecule has 0 radical (unpaired) electrons. The van der Waals surface area contributed by atoms with Gasteiger partial charge in [-0.2, -0.15) is 0 Å². The lowest BCUT2D eigenvalue weighted by Gasteiger charge is -2.13. The molecule has 2 aromatic carbocycles. The highest BCUT2D eigenvalue weighted by molar-refractivity contribution is 6.30. The van der Waals surface area contributed by atoms with Crippen LogP contribution in [0.4, 0.5) is 4.39 Å². The molecule has 0 aromatic heterocycles. The zero-order chi connectivity index (χ0) is 13.8. The molecule has 2 nitrogen and oxygen atoms in total. The highest BCUT2D eigenvalue weighted by Crippen LogP contribution is 2.23. The molecule has 0 aliphatic rings. The van der Waals surface area contributed by atoms with E-state index >= 15 is 0 Å². The van der Waals surface area contributed by atoms with Gasteiger partial charge in [0, 0.05) is 5.02 Å². The molecule has 0 saturated carbocycles. The van der Waals surface area contributed by atoms with E-state index < -0.39 is 17.7 Å². The summed E-state index contributed by atoms with van der Waals surface area (Å²) in [6.45, 7) is 0. The first kappa shape index (κ1) is 13.6. The van der Waals surface area contributed by atoms with Crippen molar-refractivity contribution >= 4 is 17.6 Å². The van der Waals surface area contributed by atoms with Crippen LogP contribution in [0.5, 0.6) is 0 Å². The highest BCUT2D eigenvalue weighted by Gasteiger charge is 2.20. The van der Waals surface area contributed by atoms with E-state index in [1.54, 1.807) is 30.3 Å². The lowest BCUT2D eigenvalue weighted by atomic mass is 9.92. The lowest BCUT2D eigenvalue weighted by molar-refractivity contribution is -0.138. The Labute approximate surface area is 115 Å². The van der Waals surface area contributed by atoms with Crippen molar-refractivity contribution in [2.24, 2.45) is 0 Å². The van der Waals surface area contributed by atoms with E-state index in [0.717, 1.165) is 5.56 Å². The zero-order valence-electron chi connectivity index (χ0n) is 10.0. The standard InChI is InChI=1S/C15H12ClFO2/c16-12-6-4-10(5-7-12)8-14(15(18)19)11-2-1-3-13(17)9-11/h1-7,9,14H,8H2,(H,18,19). The Morgan fingerprint density at radius 1 is 1.21 bits per heavy atom. The van der Waals surface area contributed by atoms with Crippen molar-refractivity contribution in [3.63, 3.8) is 0 Å². The van der Waals surface area contributed by atoms with Crippen molar-refractivity contribution in [1.82, 2.24) is 0 Å². The second kappa shape index (κ2) is 5.85. The summed E-state index contributed by atoms with van der Waals surface area (Å²) in [5.41, 5.74) is 1.31. The maximum absolute atomic E-state index is 13.2. The number of aliphatic carboxylic acids is 1. The number of hydrogen-bond acceptors (Lipinski definition) is 1. The molecular formula is C15H12ClFO2. The van der Waals surface area contributed by atoms with Crippen LogP contribution in [0, 0.1) is 5.82 Å². The van der Waals surface area contributed by atoms with Crippen molar-refractivity contribution < 1.29 is 14.3 Å². The van der Waals surface area contributed by atoms with Crippen LogP contribution < -0.4 is 0 Å². The van der Waals surface area contributed by atoms with Crippen molar-refractivity contribution in [1.29, 1.82) is 0 Å². The number of hydrogen-bond donors (Lipinski definition) is 1. The minimum atomic E-state index is -0.972. The van der Waals surface area contributed by atoms with Crippen LogP contribution in [0.3, 0.4) is 0 Å². The van der Waals surface area contributed by atoms with Gasteiger partial charge in [0.05, 0.1) is 5.92 Å². The molecule has 0 aliphatic carbocycles. The summed E-state index contributed by atoms with van der Waals surface area (Å²) in [6, 6.07) is 12.7. The van der Waals surface area contributed by atoms with E-state index in [9.17, 15) is 14.3 Å². The molecule has 2 aromatic rings. The fourth-order valence-corrected chi connectivity index (χ4v) is 2.05. The van der Waals surface area contributed by atoms with Crippen LogP contribution in [-0.4, -0.2) is 11.1 Å². The Balaban J connectivity index is 2.26. The van der Waals surface area contributed by atoms with Gasteiger partial charge in [-0.3, -0.25) is 4.79 Å². The summed E-state index contributed by atoms with van der Waals surface area (Å²) < 4.78 is 13.2. The maximum atomic E-state index is 13.2. The molecule has 19 heavy (non-hydrogen) atoms. The van der Waals surface area contributed by atoms with Crippen LogP contribution in [0.2, 0.25) is 5.02 Å². The number of carbonyl (C=O) groups is 1. The Morgan fingerprint density at radius 3 is 2.47 bits per heavy atom. The first-order chi connectivity index (χ1) is 9.06. The minimum absolute atomic E-state index is 0.302. The topological polar surface area (TPSA) is 37.3 Å². The Kier molecular flexibility index (Phi) is 4.17. The van der Waals surface area contributed by atoms with Gasteiger partial charge in [0.2, 0.25) is 0 Å². The number of benzene rings is 2. The SMILES string of the molecule is O=C(O)C(Cc1ccc(Cl)cc1)c1cccc(F)c1. The predicted molar refractivity (Wildman–Crippen MR) is 71.9 cm³/mol. The van der Waals surface area contributed by atoms with Gasteiger partial charge in [-0.05, 0) is 41.8 Å². The number of carboxylic acids is 1. The van der Waals surface area contributed by atoms with Crippen molar-refractivity contribution in [3.05, 3.63) is 70.5 Å². The molecule has 4 heteroatoms. The summed E-state index contributed by atoms with van der Waals surface area (Å²) in [6.07, 6.45) is 0.302. The molecule has 1 atom stereocenters. The lowest BCUT2D eigenvalue weighted by Crippen LogP contribution is -2.14. The maximum Gasteiger partial charge on any atom is 0.311 e. The third kappa shape index (κ3) is 3.55. The van der Waals surface area contributed by atoms with E-state index in [1.807, 2.05) is 0 Å². The van der Waals surface area contributed by atoms with Crippen LogP contribution in [-0.2, 0) is 11.2 Å². The molecular weight excluding hydrogens is 267 g/mol. The van der Waals surface area contributed by atoms with Gasteiger partial charge in [-0.15, -0.1) is 0 Å². The monoisotopic (exact) mass is 278 g/mol. The van der Waals surface area contributed by atoms with E-state index in [0.29, 0.717) is 17.0 Å². The minimum Gasteiger partial charge on any atom is -0.481 e. The molecule has 0 aliphatic heterocycles.